The molecule has 2 N–H and O–H groups in total. The number of ketones is 1. The standard InChI is InChI=1S/C12H13N3O/c13-8-11(12(16)9-6-7-9)15-14-10-4-2-1-3-5-10/h1-5,9,11,14-15H,6-7H2. The molecule has 0 aliphatic heterocycles. The summed E-state index contributed by atoms with van der Waals surface area (Å²) in [4.78, 5) is 11.6. The number of nitriles is 1. The topological polar surface area (TPSA) is 64.9 Å². The number of anilines is 1. The number of nitrogens with one attached hydrogen (secondary N) is 2. The van der Waals surface area contributed by atoms with Crippen LogP contribution < -0.4 is 10.9 Å². The van der Waals surface area contributed by atoms with Crippen LogP contribution in [0.3, 0.4) is 0 Å². The zero-order valence-electron chi connectivity index (χ0n) is 8.81. The van der Waals surface area contributed by atoms with E-state index in [-0.39, 0.29) is 11.7 Å². The van der Waals surface area contributed by atoms with Gasteiger partial charge in [0.15, 0.2) is 11.8 Å². The smallest absolute Gasteiger partial charge is 0.171 e. The molecule has 4 nitrogen and oxygen atoms in total. The summed E-state index contributed by atoms with van der Waals surface area (Å²) in [6, 6.07) is 10.6. The van der Waals surface area contributed by atoms with Crippen molar-refractivity contribution in [3.8, 4) is 6.07 Å². The molecule has 0 saturated heterocycles. The van der Waals surface area contributed by atoms with Crippen LogP contribution in [-0.2, 0) is 4.79 Å². The van der Waals surface area contributed by atoms with E-state index >= 15 is 0 Å². The number of hydrazine groups is 1. The van der Waals surface area contributed by atoms with Crippen molar-refractivity contribution in [2.24, 2.45) is 5.92 Å². The summed E-state index contributed by atoms with van der Waals surface area (Å²) in [6.45, 7) is 0. The molecular formula is C12H13N3O. The van der Waals surface area contributed by atoms with E-state index in [1.54, 1.807) is 0 Å². The van der Waals surface area contributed by atoms with Gasteiger partial charge in [0.1, 0.15) is 0 Å². The molecule has 4 heteroatoms. The summed E-state index contributed by atoms with van der Waals surface area (Å²) in [5, 5.41) is 8.88. The van der Waals surface area contributed by atoms with Crippen LogP contribution in [0.2, 0.25) is 0 Å². The Morgan fingerprint density at radius 3 is 2.62 bits per heavy atom. The molecule has 1 aliphatic rings. The lowest BCUT2D eigenvalue weighted by atomic mass is 10.1. The van der Waals surface area contributed by atoms with Crippen molar-refractivity contribution in [3.63, 3.8) is 0 Å². The normalized spacial score (nSPS) is 16.2. The highest BCUT2D eigenvalue weighted by molar-refractivity contribution is 5.90. The Labute approximate surface area is 94.2 Å². The number of hydrogen-bond donors (Lipinski definition) is 2. The first-order valence-corrected chi connectivity index (χ1v) is 5.31. The second-order valence-electron chi connectivity index (χ2n) is 3.87. The van der Waals surface area contributed by atoms with E-state index in [1.165, 1.54) is 0 Å². The summed E-state index contributed by atoms with van der Waals surface area (Å²) in [5.74, 6) is 0.0839. The van der Waals surface area contributed by atoms with E-state index in [2.05, 4.69) is 10.9 Å². The van der Waals surface area contributed by atoms with E-state index in [0.717, 1.165) is 18.5 Å². The molecule has 2 rings (SSSR count). The van der Waals surface area contributed by atoms with Gasteiger partial charge in [-0.25, -0.2) is 5.43 Å². The maximum absolute atomic E-state index is 11.6. The fraction of sp³-hybridized carbons (Fsp3) is 0.333. The Morgan fingerprint density at radius 2 is 2.06 bits per heavy atom. The largest absolute Gasteiger partial charge is 0.320 e. The first-order valence-electron chi connectivity index (χ1n) is 5.31. The molecule has 1 unspecified atom stereocenters. The van der Waals surface area contributed by atoms with Gasteiger partial charge in [-0.05, 0) is 25.0 Å². The fourth-order valence-electron chi connectivity index (χ4n) is 1.45. The average Bonchev–Trinajstić information content (AvgIpc) is 3.15. The minimum atomic E-state index is -0.757. The maximum Gasteiger partial charge on any atom is 0.171 e. The van der Waals surface area contributed by atoms with Gasteiger partial charge < -0.3 is 5.43 Å². The molecule has 1 atom stereocenters. The van der Waals surface area contributed by atoms with Crippen molar-refractivity contribution in [1.82, 2.24) is 5.43 Å². The van der Waals surface area contributed by atoms with Crippen LogP contribution in [0.1, 0.15) is 12.8 Å². The predicted molar refractivity (Wildman–Crippen MR) is 60.3 cm³/mol. The quantitative estimate of drug-likeness (QED) is 0.730. The maximum atomic E-state index is 11.6. The molecular weight excluding hydrogens is 202 g/mol. The molecule has 1 aromatic rings. The second-order valence-corrected chi connectivity index (χ2v) is 3.87. The van der Waals surface area contributed by atoms with Crippen LogP contribution in [0, 0.1) is 17.2 Å². The first-order chi connectivity index (χ1) is 7.81. The molecule has 1 aromatic carbocycles. The van der Waals surface area contributed by atoms with Crippen molar-refractivity contribution in [3.05, 3.63) is 30.3 Å². The number of nitrogens with zero attached hydrogens (tertiary/aromatic N) is 1. The zero-order valence-corrected chi connectivity index (χ0v) is 8.81. The zero-order chi connectivity index (χ0) is 11.4. The number of carbonyl (C=O) groups is 1. The number of hydrogen-bond acceptors (Lipinski definition) is 4. The van der Waals surface area contributed by atoms with Crippen LogP contribution in [0.4, 0.5) is 5.69 Å². The Morgan fingerprint density at radius 1 is 1.38 bits per heavy atom. The molecule has 1 aliphatic carbocycles. The van der Waals surface area contributed by atoms with Crippen molar-refractivity contribution in [2.75, 3.05) is 5.43 Å². The number of benzene rings is 1. The third kappa shape index (κ3) is 2.59. The minimum Gasteiger partial charge on any atom is -0.320 e. The molecule has 0 spiro atoms. The summed E-state index contributed by atoms with van der Waals surface area (Å²) >= 11 is 0. The van der Waals surface area contributed by atoms with E-state index < -0.39 is 6.04 Å². The third-order valence-electron chi connectivity index (χ3n) is 2.53. The minimum absolute atomic E-state index is 0.00840. The lowest BCUT2D eigenvalue weighted by Crippen LogP contribution is -2.40. The molecule has 1 saturated carbocycles. The molecule has 16 heavy (non-hydrogen) atoms. The highest BCUT2D eigenvalue weighted by Crippen LogP contribution is 2.30. The van der Waals surface area contributed by atoms with Gasteiger partial charge in [0, 0.05) is 11.6 Å². The van der Waals surface area contributed by atoms with Crippen molar-refractivity contribution < 1.29 is 4.79 Å². The average molecular weight is 215 g/mol. The highest BCUT2D eigenvalue weighted by atomic mass is 16.1. The molecule has 0 bridgehead atoms. The van der Waals surface area contributed by atoms with Crippen molar-refractivity contribution in [1.29, 1.82) is 5.26 Å². The fourth-order valence-corrected chi connectivity index (χ4v) is 1.45. The molecule has 1 fully saturated rings. The van der Waals surface area contributed by atoms with Crippen LogP contribution in [-0.4, -0.2) is 11.8 Å². The van der Waals surface area contributed by atoms with Gasteiger partial charge >= 0.3 is 0 Å². The van der Waals surface area contributed by atoms with Crippen molar-refractivity contribution >= 4 is 11.5 Å². The number of para-hydroxylation sites is 1. The summed E-state index contributed by atoms with van der Waals surface area (Å²) < 4.78 is 0. The monoisotopic (exact) mass is 215 g/mol. The van der Waals surface area contributed by atoms with Gasteiger partial charge in [0.25, 0.3) is 0 Å². The predicted octanol–water partition coefficient (Wildman–Crippen LogP) is 1.47. The molecule has 0 amide bonds. The van der Waals surface area contributed by atoms with E-state index in [9.17, 15) is 4.79 Å². The summed E-state index contributed by atoms with van der Waals surface area (Å²) in [6.07, 6.45) is 1.84. The Hall–Kier alpha value is -1.86. The van der Waals surface area contributed by atoms with Gasteiger partial charge in [-0.15, -0.1) is 0 Å². The van der Waals surface area contributed by atoms with Gasteiger partial charge in [-0.3, -0.25) is 4.79 Å². The highest BCUT2D eigenvalue weighted by Gasteiger charge is 2.34. The van der Waals surface area contributed by atoms with Gasteiger partial charge in [0.05, 0.1) is 6.07 Å². The molecule has 82 valence electrons. The second kappa shape index (κ2) is 4.77. The number of carbonyl (C=O) groups excluding carboxylic acids is 1. The van der Waals surface area contributed by atoms with E-state index in [1.807, 2.05) is 36.4 Å². The van der Waals surface area contributed by atoms with E-state index in [0.29, 0.717) is 0 Å². The summed E-state index contributed by atoms with van der Waals surface area (Å²) in [7, 11) is 0. The van der Waals surface area contributed by atoms with Crippen LogP contribution >= 0.6 is 0 Å². The lowest BCUT2D eigenvalue weighted by Gasteiger charge is -2.12. The van der Waals surface area contributed by atoms with Crippen LogP contribution in [0.25, 0.3) is 0 Å². The van der Waals surface area contributed by atoms with Crippen LogP contribution in [0.5, 0.6) is 0 Å². The molecule has 0 radical (unpaired) electrons. The lowest BCUT2D eigenvalue weighted by molar-refractivity contribution is -0.120. The number of rotatable bonds is 5. The number of Topliss-reactive ketones (excluding diaryl/α,β-unsaturated/α-hetero) is 1. The Bertz CT molecular complexity index is 406. The van der Waals surface area contributed by atoms with Gasteiger partial charge in [-0.2, -0.15) is 5.26 Å². The van der Waals surface area contributed by atoms with E-state index in [4.69, 9.17) is 5.26 Å². The Balaban J connectivity index is 1.88. The molecule has 0 heterocycles. The molecule has 0 aromatic heterocycles. The summed E-state index contributed by atoms with van der Waals surface area (Å²) in [5.41, 5.74) is 6.45. The van der Waals surface area contributed by atoms with Crippen molar-refractivity contribution in [2.45, 2.75) is 18.9 Å². The van der Waals surface area contributed by atoms with Gasteiger partial charge in [-0.1, -0.05) is 18.2 Å². The SMILES string of the molecule is N#CC(NNc1ccccc1)C(=O)C1CC1. The third-order valence-corrected chi connectivity index (χ3v) is 2.53. The van der Waals surface area contributed by atoms with Gasteiger partial charge in [0.2, 0.25) is 0 Å². The van der Waals surface area contributed by atoms with Crippen LogP contribution in [0.15, 0.2) is 30.3 Å². The first kappa shape index (κ1) is 10.7. The Kier molecular flexibility index (Phi) is 3.18.